The smallest absolute Gasteiger partial charge is 0.111 e. The van der Waals surface area contributed by atoms with Crippen molar-refractivity contribution in [2.24, 2.45) is 0 Å². The van der Waals surface area contributed by atoms with Crippen molar-refractivity contribution in [3.8, 4) is 0 Å². The summed E-state index contributed by atoms with van der Waals surface area (Å²) in [4.78, 5) is 3.98. The number of halogens is 1. The summed E-state index contributed by atoms with van der Waals surface area (Å²) in [7, 11) is 0. The number of H-pyrrole nitrogens is 1. The molecule has 2 heterocycles. The van der Waals surface area contributed by atoms with Gasteiger partial charge in [0.05, 0.1) is 11.9 Å². The minimum Gasteiger partial charge on any atom is -0.280 e. The third kappa shape index (κ3) is 1.11. The van der Waals surface area contributed by atoms with E-state index in [1.165, 1.54) is 11.1 Å². The molecule has 0 aromatic carbocycles. The lowest BCUT2D eigenvalue weighted by Gasteiger charge is -1.87. The molecule has 0 aliphatic heterocycles. The number of nitrogens with one attached hydrogen (secondary N) is 1. The summed E-state index contributed by atoms with van der Waals surface area (Å²) < 4.78 is 0.957. The Morgan fingerprint density at radius 2 is 2.45 bits per heavy atom. The number of aromatic amines is 1. The minimum atomic E-state index is 0.944. The van der Waals surface area contributed by atoms with Crippen LogP contribution in [-0.4, -0.2) is 15.2 Å². The van der Waals surface area contributed by atoms with E-state index in [2.05, 4.69) is 37.8 Å². The van der Waals surface area contributed by atoms with E-state index in [9.17, 15) is 0 Å². The molecule has 0 unspecified atom stereocenters. The number of hydrogen-bond acceptors (Lipinski definition) is 2. The van der Waals surface area contributed by atoms with Crippen LogP contribution in [-0.2, 0) is 4.43 Å². The van der Waals surface area contributed by atoms with Gasteiger partial charge in [-0.1, -0.05) is 22.6 Å². The summed E-state index contributed by atoms with van der Waals surface area (Å²) in [5, 5.41) is 8.24. The van der Waals surface area contributed by atoms with Gasteiger partial charge in [-0.15, -0.1) is 0 Å². The van der Waals surface area contributed by atoms with Gasteiger partial charge in [0.1, 0.15) is 5.52 Å². The SMILES string of the molecule is ICc1[nH]nc2cnccc12. The van der Waals surface area contributed by atoms with Crippen molar-refractivity contribution < 1.29 is 0 Å². The summed E-state index contributed by atoms with van der Waals surface area (Å²) >= 11 is 2.31. The zero-order valence-corrected chi connectivity index (χ0v) is 7.87. The zero-order valence-electron chi connectivity index (χ0n) is 5.71. The lowest BCUT2D eigenvalue weighted by atomic mass is 10.3. The number of alkyl halides is 1. The van der Waals surface area contributed by atoms with E-state index in [1.807, 2.05) is 6.07 Å². The maximum atomic E-state index is 4.10. The molecule has 0 saturated carbocycles. The Morgan fingerprint density at radius 1 is 1.55 bits per heavy atom. The van der Waals surface area contributed by atoms with Crippen LogP contribution in [0.3, 0.4) is 0 Å². The van der Waals surface area contributed by atoms with Crippen molar-refractivity contribution >= 4 is 33.5 Å². The van der Waals surface area contributed by atoms with E-state index in [1.54, 1.807) is 12.4 Å². The zero-order chi connectivity index (χ0) is 7.68. The van der Waals surface area contributed by atoms with Crippen molar-refractivity contribution in [3.05, 3.63) is 24.2 Å². The molecule has 1 N–H and O–H groups in total. The van der Waals surface area contributed by atoms with Crippen molar-refractivity contribution in [2.75, 3.05) is 0 Å². The Hall–Kier alpha value is -0.650. The van der Waals surface area contributed by atoms with Crippen molar-refractivity contribution in [2.45, 2.75) is 4.43 Å². The normalized spacial score (nSPS) is 10.6. The summed E-state index contributed by atoms with van der Waals surface area (Å²) in [5.74, 6) is 0. The van der Waals surface area contributed by atoms with E-state index < -0.39 is 0 Å². The molecule has 0 radical (unpaired) electrons. The van der Waals surface area contributed by atoms with Crippen LogP contribution in [0.5, 0.6) is 0 Å². The van der Waals surface area contributed by atoms with Crippen LogP contribution in [0.1, 0.15) is 5.69 Å². The summed E-state index contributed by atoms with van der Waals surface area (Å²) in [5.41, 5.74) is 2.11. The molecule has 2 aromatic rings. The fourth-order valence-corrected chi connectivity index (χ4v) is 1.60. The van der Waals surface area contributed by atoms with Gasteiger partial charge in [-0.3, -0.25) is 10.1 Å². The highest BCUT2D eigenvalue weighted by Gasteiger charge is 2.01. The highest BCUT2D eigenvalue weighted by atomic mass is 127. The molecule has 2 rings (SSSR count). The first kappa shape index (κ1) is 7.02. The number of aromatic nitrogens is 3. The molecule has 0 saturated heterocycles. The van der Waals surface area contributed by atoms with Gasteiger partial charge in [0.25, 0.3) is 0 Å². The molecule has 11 heavy (non-hydrogen) atoms. The molecule has 0 spiro atoms. The van der Waals surface area contributed by atoms with Gasteiger partial charge in [0.15, 0.2) is 0 Å². The fraction of sp³-hybridized carbons (Fsp3) is 0.143. The molecular weight excluding hydrogens is 253 g/mol. The predicted molar refractivity (Wildman–Crippen MR) is 51.6 cm³/mol. The number of pyridine rings is 1. The maximum Gasteiger partial charge on any atom is 0.111 e. The maximum absolute atomic E-state index is 4.10. The van der Waals surface area contributed by atoms with Crippen molar-refractivity contribution in [3.63, 3.8) is 0 Å². The van der Waals surface area contributed by atoms with Crippen LogP contribution in [0.2, 0.25) is 0 Å². The summed E-state index contributed by atoms with van der Waals surface area (Å²) in [6.45, 7) is 0. The van der Waals surface area contributed by atoms with E-state index in [-0.39, 0.29) is 0 Å². The number of fused-ring (bicyclic) bond motifs is 1. The Morgan fingerprint density at radius 3 is 3.27 bits per heavy atom. The number of hydrogen-bond donors (Lipinski definition) is 1. The van der Waals surface area contributed by atoms with Crippen molar-refractivity contribution in [1.82, 2.24) is 15.2 Å². The second kappa shape index (κ2) is 2.77. The first-order valence-electron chi connectivity index (χ1n) is 3.25. The quantitative estimate of drug-likeness (QED) is 0.627. The lowest BCUT2D eigenvalue weighted by molar-refractivity contribution is 1.06. The third-order valence-electron chi connectivity index (χ3n) is 1.57. The standard InChI is InChI=1S/C7H6IN3/c8-3-6-5-1-2-9-4-7(5)11-10-6/h1-2,4H,3H2,(H,10,11). The highest BCUT2D eigenvalue weighted by molar-refractivity contribution is 14.1. The second-order valence-corrected chi connectivity index (χ2v) is 2.99. The van der Waals surface area contributed by atoms with E-state index in [4.69, 9.17) is 0 Å². The summed E-state index contributed by atoms with van der Waals surface area (Å²) in [6, 6.07) is 1.98. The van der Waals surface area contributed by atoms with Gasteiger partial charge in [0.2, 0.25) is 0 Å². The molecule has 4 heteroatoms. The Balaban J connectivity index is 2.76. The molecule has 3 nitrogen and oxygen atoms in total. The molecule has 0 fully saturated rings. The van der Waals surface area contributed by atoms with Gasteiger partial charge in [-0.05, 0) is 6.07 Å². The molecular formula is C7H6IN3. The molecule has 0 bridgehead atoms. The topological polar surface area (TPSA) is 41.6 Å². The lowest BCUT2D eigenvalue weighted by Crippen LogP contribution is -1.75. The van der Waals surface area contributed by atoms with Crippen LogP contribution < -0.4 is 0 Å². The predicted octanol–water partition coefficient (Wildman–Crippen LogP) is 1.89. The Labute approximate surface area is 77.4 Å². The average Bonchev–Trinajstić information content (AvgIpc) is 2.47. The van der Waals surface area contributed by atoms with E-state index in [0.717, 1.165) is 9.94 Å². The monoisotopic (exact) mass is 259 g/mol. The third-order valence-corrected chi connectivity index (χ3v) is 2.33. The number of nitrogens with zero attached hydrogens (tertiary/aromatic N) is 2. The number of rotatable bonds is 1. The van der Waals surface area contributed by atoms with Gasteiger partial charge < -0.3 is 0 Å². The van der Waals surface area contributed by atoms with Crippen LogP contribution >= 0.6 is 22.6 Å². The van der Waals surface area contributed by atoms with Crippen LogP contribution in [0.25, 0.3) is 10.9 Å². The Bertz CT molecular complexity index is 368. The van der Waals surface area contributed by atoms with Crippen LogP contribution in [0, 0.1) is 0 Å². The molecule has 2 aromatic heterocycles. The summed E-state index contributed by atoms with van der Waals surface area (Å²) in [6.07, 6.45) is 3.55. The first-order valence-corrected chi connectivity index (χ1v) is 4.77. The molecule has 0 amide bonds. The molecule has 0 aliphatic rings. The van der Waals surface area contributed by atoms with Gasteiger partial charge >= 0.3 is 0 Å². The largest absolute Gasteiger partial charge is 0.280 e. The average molecular weight is 259 g/mol. The first-order chi connectivity index (χ1) is 5.42. The molecule has 0 aliphatic carbocycles. The van der Waals surface area contributed by atoms with Crippen molar-refractivity contribution in [1.29, 1.82) is 0 Å². The second-order valence-electron chi connectivity index (χ2n) is 2.23. The minimum absolute atomic E-state index is 0.944. The highest BCUT2D eigenvalue weighted by Crippen LogP contribution is 2.15. The fourth-order valence-electron chi connectivity index (χ4n) is 1.02. The van der Waals surface area contributed by atoms with E-state index in [0.29, 0.717) is 0 Å². The van der Waals surface area contributed by atoms with Crippen LogP contribution in [0.4, 0.5) is 0 Å². The molecule has 0 atom stereocenters. The van der Waals surface area contributed by atoms with Gasteiger partial charge in [0, 0.05) is 16.0 Å². The van der Waals surface area contributed by atoms with E-state index >= 15 is 0 Å². The van der Waals surface area contributed by atoms with Gasteiger partial charge in [-0.25, -0.2) is 0 Å². The Kier molecular flexibility index (Phi) is 1.77. The molecule has 56 valence electrons. The van der Waals surface area contributed by atoms with Crippen LogP contribution in [0.15, 0.2) is 18.5 Å². The van der Waals surface area contributed by atoms with Gasteiger partial charge in [-0.2, -0.15) is 5.10 Å².